The second-order valence-electron chi connectivity index (χ2n) is 5.86. The minimum absolute atomic E-state index is 0.209. The molecule has 0 radical (unpaired) electrons. The van der Waals surface area contributed by atoms with Crippen molar-refractivity contribution in [2.75, 3.05) is 33.4 Å². The number of hydrogen-bond acceptors (Lipinski definition) is 2. The number of hydrogen-bond donors (Lipinski definition) is 2. The summed E-state index contributed by atoms with van der Waals surface area (Å²) in [6, 6.07) is 6.72. The van der Waals surface area contributed by atoms with Crippen LogP contribution in [0.4, 0.5) is 4.39 Å². The summed E-state index contributed by atoms with van der Waals surface area (Å²) in [6.45, 7) is 9.08. The van der Waals surface area contributed by atoms with E-state index in [1.54, 1.807) is 19.2 Å². The molecule has 0 atom stereocenters. The second kappa shape index (κ2) is 9.41. The van der Waals surface area contributed by atoms with Gasteiger partial charge in [-0.05, 0) is 31.0 Å². The molecule has 0 saturated carbocycles. The maximum Gasteiger partial charge on any atom is 0.191 e. The molecule has 0 unspecified atom stereocenters. The third-order valence-corrected chi connectivity index (χ3v) is 3.40. The van der Waals surface area contributed by atoms with Crippen LogP contribution < -0.4 is 10.6 Å². The van der Waals surface area contributed by atoms with Gasteiger partial charge in [0.2, 0.25) is 0 Å². The zero-order valence-corrected chi connectivity index (χ0v) is 14.1. The van der Waals surface area contributed by atoms with Crippen LogP contribution in [0.1, 0.15) is 32.8 Å². The molecule has 0 fully saturated rings. The predicted octanol–water partition coefficient (Wildman–Crippen LogP) is 2.69. The standard InChI is InChI=1S/C17H28FN3O/c1-5-19-16(20-10-7-11-22-4)21-13-17(2,3)14-8-6-9-15(18)12-14/h6,8-9,12H,5,7,10-11,13H2,1-4H3,(H2,19,20,21). The molecule has 4 nitrogen and oxygen atoms in total. The molecule has 0 aliphatic heterocycles. The molecular weight excluding hydrogens is 281 g/mol. The lowest BCUT2D eigenvalue weighted by Crippen LogP contribution is -2.39. The summed E-state index contributed by atoms with van der Waals surface area (Å²) in [5.74, 6) is 0.572. The van der Waals surface area contributed by atoms with Crippen LogP contribution in [0.15, 0.2) is 29.3 Å². The fourth-order valence-corrected chi connectivity index (χ4v) is 2.04. The van der Waals surface area contributed by atoms with Crippen LogP contribution in [-0.2, 0) is 10.2 Å². The Balaban J connectivity index is 2.66. The zero-order valence-electron chi connectivity index (χ0n) is 14.1. The number of aliphatic imine (C=N–C) groups is 1. The molecule has 124 valence electrons. The van der Waals surface area contributed by atoms with Gasteiger partial charge >= 0.3 is 0 Å². The van der Waals surface area contributed by atoms with E-state index < -0.39 is 0 Å². The fourth-order valence-electron chi connectivity index (χ4n) is 2.04. The molecule has 0 saturated heterocycles. The molecule has 0 heterocycles. The molecule has 22 heavy (non-hydrogen) atoms. The lowest BCUT2D eigenvalue weighted by molar-refractivity contribution is 0.195. The summed E-state index contributed by atoms with van der Waals surface area (Å²) in [6.07, 6.45) is 0.925. The minimum atomic E-state index is -0.225. The molecule has 5 heteroatoms. The molecular formula is C17H28FN3O. The Hall–Kier alpha value is -1.62. The van der Waals surface area contributed by atoms with Crippen molar-refractivity contribution in [1.29, 1.82) is 0 Å². The first-order valence-corrected chi connectivity index (χ1v) is 7.76. The quantitative estimate of drug-likeness (QED) is 0.441. The Morgan fingerprint density at radius 1 is 1.32 bits per heavy atom. The molecule has 0 spiro atoms. The molecule has 1 rings (SSSR count). The zero-order chi connectivity index (χ0) is 16.4. The lowest BCUT2D eigenvalue weighted by Gasteiger charge is -2.24. The molecule has 0 amide bonds. The van der Waals surface area contributed by atoms with Crippen molar-refractivity contribution in [2.45, 2.75) is 32.6 Å². The Morgan fingerprint density at radius 3 is 2.73 bits per heavy atom. The Kier molecular flexibility index (Phi) is 7.88. The highest BCUT2D eigenvalue weighted by molar-refractivity contribution is 5.79. The second-order valence-corrected chi connectivity index (χ2v) is 5.86. The summed E-state index contributed by atoms with van der Waals surface area (Å²) in [5.41, 5.74) is 0.725. The van der Waals surface area contributed by atoms with Crippen LogP contribution in [0.25, 0.3) is 0 Å². The van der Waals surface area contributed by atoms with Crippen molar-refractivity contribution < 1.29 is 9.13 Å². The van der Waals surface area contributed by atoms with Crippen molar-refractivity contribution in [3.63, 3.8) is 0 Å². The van der Waals surface area contributed by atoms with Crippen LogP contribution in [0, 0.1) is 5.82 Å². The van der Waals surface area contributed by atoms with Gasteiger partial charge in [-0.15, -0.1) is 0 Å². The number of methoxy groups -OCH3 is 1. The molecule has 1 aromatic rings. The number of halogens is 1. The highest BCUT2D eigenvalue weighted by atomic mass is 19.1. The van der Waals surface area contributed by atoms with Gasteiger partial charge in [0.15, 0.2) is 5.96 Å². The maximum absolute atomic E-state index is 13.4. The number of rotatable bonds is 8. The van der Waals surface area contributed by atoms with Gasteiger partial charge in [0.1, 0.15) is 5.82 Å². The van der Waals surface area contributed by atoms with E-state index in [0.717, 1.165) is 37.6 Å². The van der Waals surface area contributed by atoms with Crippen molar-refractivity contribution in [3.8, 4) is 0 Å². The molecule has 0 aromatic heterocycles. The smallest absolute Gasteiger partial charge is 0.191 e. The summed E-state index contributed by atoms with van der Waals surface area (Å²) in [7, 11) is 1.70. The third kappa shape index (κ3) is 6.43. The third-order valence-electron chi connectivity index (χ3n) is 3.40. The van der Waals surface area contributed by atoms with E-state index in [9.17, 15) is 4.39 Å². The van der Waals surface area contributed by atoms with E-state index in [0.29, 0.717) is 6.54 Å². The number of benzene rings is 1. The van der Waals surface area contributed by atoms with Crippen molar-refractivity contribution >= 4 is 5.96 Å². The topological polar surface area (TPSA) is 45.7 Å². The highest BCUT2D eigenvalue weighted by Gasteiger charge is 2.20. The molecule has 1 aromatic carbocycles. The van der Waals surface area contributed by atoms with Gasteiger partial charge in [-0.1, -0.05) is 26.0 Å². The first-order valence-electron chi connectivity index (χ1n) is 7.76. The first-order chi connectivity index (χ1) is 10.5. The van der Waals surface area contributed by atoms with E-state index in [-0.39, 0.29) is 11.2 Å². The Labute approximate surface area is 133 Å². The SMILES string of the molecule is CCNC(=NCC(C)(C)c1cccc(F)c1)NCCCOC. The van der Waals surface area contributed by atoms with E-state index in [4.69, 9.17) is 4.74 Å². The number of guanidine groups is 1. The Bertz CT molecular complexity index is 475. The number of nitrogens with one attached hydrogen (secondary N) is 2. The largest absolute Gasteiger partial charge is 0.385 e. The molecule has 0 aliphatic rings. The van der Waals surface area contributed by atoms with Crippen LogP contribution in [0.3, 0.4) is 0 Å². The van der Waals surface area contributed by atoms with Gasteiger partial charge < -0.3 is 15.4 Å². The monoisotopic (exact) mass is 309 g/mol. The maximum atomic E-state index is 13.4. The Morgan fingerprint density at radius 2 is 2.09 bits per heavy atom. The summed E-state index contributed by atoms with van der Waals surface area (Å²) < 4.78 is 18.4. The molecule has 2 N–H and O–H groups in total. The van der Waals surface area contributed by atoms with Crippen molar-refractivity contribution in [3.05, 3.63) is 35.6 Å². The first kappa shape index (κ1) is 18.4. The van der Waals surface area contributed by atoms with Gasteiger partial charge in [-0.2, -0.15) is 0 Å². The highest BCUT2D eigenvalue weighted by Crippen LogP contribution is 2.24. The van der Waals surface area contributed by atoms with E-state index in [2.05, 4.69) is 29.5 Å². The van der Waals surface area contributed by atoms with E-state index >= 15 is 0 Å². The predicted molar refractivity (Wildman–Crippen MR) is 89.9 cm³/mol. The van der Waals surface area contributed by atoms with E-state index in [1.807, 2.05) is 13.0 Å². The summed E-state index contributed by atoms with van der Waals surface area (Å²) >= 11 is 0. The van der Waals surface area contributed by atoms with Gasteiger partial charge in [-0.25, -0.2) is 4.39 Å². The van der Waals surface area contributed by atoms with Gasteiger partial charge in [0, 0.05) is 32.2 Å². The summed E-state index contributed by atoms with van der Waals surface area (Å²) in [4.78, 5) is 4.62. The lowest BCUT2D eigenvalue weighted by atomic mass is 9.85. The van der Waals surface area contributed by atoms with Crippen LogP contribution in [-0.4, -0.2) is 39.3 Å². The van der Waals surface area contributed by atoms with Gasteiger partial charge in [-0.3, -0.25) is 4.99 Å². The van der Waals surface area contributed by atoms with Crippen LogP contribution in [0.5, 0.6) is 0 Å². The molecule has 0 bridgehead atoms. The average molecular weight is 309 g/mol. The van der Waals surface area contributed by atoms with E-state index in [1.165, 1.54) is 6.07 Å². The average Bonchev–Trinajstić information content (AvgIpc) is 2.49. The minimum Gasteiger partial charge on any atom is -0.385 e. The van der Waals surface area contributed by atoms with Gasteiger partial charge in [0.05, 0.1) is 6.54 Å². The van der Waals surface area contributed by atoms with Gasteiger partial charge in [0.25, 0.3) is 0 Å². The van der Waals surface area contributed by atoms with Crippen molar-refractivity contribution in [2.24, 2.45) is 4.99 Å². The molecule has 0 aliphatic carbocycles. The van der Waals surface area contributed by atoms with Crippen molar-refractivity contribution in [1.82, 2.24) is 10.6 Å². The summed E-state index contributed by atoms with van der Waals surface area (Å²) in [5, 5.41) is 6.49. The van der Waals surface area contributed by atoms with Crippen LogP contribution in [0.2, 0.25) is 0 Å². The number of nitrogens with zero attached hydrogens (tertiary/aromatic N) is 1. The fraction of sp³-hybridized carbons (Fsp3) is 0.588. The normalized spacial score (nSPS) is 12.3. The van der Waals surface area contributed by atoms with Crippen LogP contribution >= 0.6 is 0 Å². The number of ether oxygens (including phenoxy) is 1.